The third-order valence-corrected chi connectivity index (χ3v) is 9.04. The van der Waals surface area contributed by atoms with Gasteiger partial charge in [-0.25, -0.2) is 0 Å². The molecule has 0 atom stereocenters. The van der Waals surface area contributed by atoms with Crippen molar-refractivity contribution in [3.63, 3.8) is 0 Å². The lowest BCUT2D eigenvalue weighted by atomic mass is 10.0. The van der Waals surface area contributed by atoms with E-state index in [4.69, 9.17) is 0 Å². The predicted molar refractivity (Wildman–Crippen MR) is 175 cm³/mol. The van der Waals surface area contributed by atoms with Crippen LogP contribution in [-0.2, 0) is 0 Å². The summed E-state index contributed by atoms with van der Waals surface area (Å²) >= 11 is 0. The van der Waals surface area contributed by atoms with Crippen molar-refractivity contribution in [3.05, 3.63) is 0 Å². The van der Waals surface area contributed by atoms with Gasteiger partial charge in [0.05, 0.1) is 41.3 Å². The first-order valence-corrected chi connectivity index (χ1v) is 18.0. The second-order valence-corrected chi connectivity index (χ2v) is 14.3. The lowest BCUT2D eigenvalue weighted by molar-refractivity contribution is -0.946. The molecule has 2 heteroatoms. The van der Waals surface area contributed by atoms with Gasteiger partial charge in [-0.05, 0) is 25.7 Å². The van der Waals surface area contributed by atoms with Crippen LogP contribution < -0.4 is 0 Å². The standard InChI is InChI=1S/C36H78N2/c1-7-9-11-13-15-17-19-20-21-22-23-24-26-28-30-32-34-38(5,6)36-35-37(3,4)33-31-29-27-25-18-16-14-12-10-8-2/h7-36H2,1-6H3/q+2. The van der Waals surface area contributed by atoms with Gasteiger partial charge in [0.15, 0.2) is 0 Å². The van der Waals surface area contributed by atoms with Crippen molar-refractivity contribution in [2.24, 2.45) is 0 Å². The van der Waals surface area contributed by atoms with Crippen molar-refractivity contribution in [3.8, 4) is 0 Å². The molecule has 0 spiro atoms. The minimum Gasteiger partial charge on any atom is -0.324 e. The number of nitrogens with zero attached hydrogens (tertiary/aromatic N) is 2. The van der Waals surface area contributed by atoms with E-state index in [0.717, 1.165) is 0 Å². The van der Waals surface area contributed by atoms with Crippen LogP contribution in [0.3, 0.4) is 0 Å². The van der Waals surface area contributed by atoms with E-state index in [-0.39, 0.29) is 0 Å². The van der Waals surface area contributed by atoms with Crippen molar-refractivity contribution in [2.45, 2.75) is 181 Å². The monoisotopic (exact) mass is 539 g/mol. The average molecular weight is 539 g/mol. The van der Waals surface area contributed by atoms with Crippen molar-refractivity contribution < 1.29 is 8.97 Å². The molecule has 0 aromatic rings. The third-order valence-electron chi connectivity index (χ3n) is 9.04. The van der Waals surface area contributed by atoms with Gasteiger partial charge in [-0.15, -0.1) is 0 Å². The van der Waals surface area contributed by atoms with Crippen LogP contribution in [-0.4, -0.2) is 63.3 Å². The quantitative estimate of drug-likeness (QED) is 0.0608. The van der Waals surface area contributed by atoms with E-state index in [0.29, 0.717) is 0 Å². The predicted octanol–water partition coefficient (Wildman–Crippen LogP) is 11.3. The Labute approximate surface area is 243 Å². The minimum atomic E-state index is 1.21. The van der Waals surface area contributed by atoms with E-state index >= 15 is 0 Å². The van der Waals surface area contributed by atoms with Gasteiger partial charge in [0.1, 0.15) is 13.1 Å². The van der Waals surface area contributed by atoms with Crippen molar-refractivity contribution >= 4 is 0 Å². The summed E-state index contributed by atoms with van der Waals surface area (Å²) in [6.45, 7) is 9.98. The fourth-order valence-corrected chi connectivity index (χ4v) is 5.88. The summed E-state index contributed by atoms with van der Waals surface area (Å²) in [5.41, 5.74) is 0. The highest BCUT2D eigenvalue weighted by atomic mass is 15.4. The van der Waals surface area contributed by atoms with Gasteiger partial charge in [0.2, 0.25) is 0 Å². The Hall–Kier alpha value is -0.0800. The van der Waals surface area contributed by atoms with E-state index < -0.39 is 0 Å². The molecule has 38 heavy (non-hydrogen) atoms. The topological polar surface area (TPSA) is 0 Å². The fourth-order valence-electron chi connectivity index (χ4n) is 5.88. The Morgan fingerprint density at radius 1 is 0.237 bits per heavy atom. The molecule has 0 bridgehead atoms. The molecule has 0 rings (SSSR count). The van der Waals surface area contributed by atoms with Gasteiger partial charge >= 0.3 is 0 Å². The molecule has 0 saturated heterocycles. The highest BCUT2D eigenvalue weighted by Crippen LogP contribution is 2.15. The van der Waals surface area contributed by atoms with Gasteiger partial charge in [-0.1, -0.05) is 155 Å². The van der Waals surface area contributed by atoms with Crippen molar-refractivity contribution in [1.29, 1.82) is 0 Å². The van der Waals surface area contributed by atoms with E-state index in [9.17, 15) is 0 Å². The minimum absolute atomic E-state index is 1.21. The molecule has 0 aliphatic rings. The van der Waals surface area contributed by atoms with Gasteiger partial charge in [0, 0.05) is 0 Å². The Kier molecular flexibility index (Phi) is 27.1. The summed E-state index contributed by atoms with van der Waals surface area (Å²) in [5, 5.41) is 0. The Bertz CT molecular complexity index is 456. The zero-order valence-electron chi connectivity index (χ0n) is 28.1. The van der Waals surface area contributed by atoms with E-state index in [2.05, 4.69) is 42.0 Å². The summed E-state index contributed by atoms with van der Waals surface area (Å²) in [5.74, 6) is 0. The number of rotatable bonds is 31. The first-order chi connectivity index (χ1) is 18.3. The maximum absolute atomic E-state index is 2.46. The van der Waals surface area contributed by atoms with Gasteiger partial charge in [-0.2, -0.15) is 0 Å². The molecular formula is C36H78N2+2. The average Bonchev–Trinajstić information content (AvgIpc) is 2.88. The number of unbranched alkanes of at least 4 members (excludes halogenated alkanes) is 24. The number of hydrogen-bond acceptors (Lipinski definition) is 0. The first kappa shape index (κ1) is 37.9. The van der Waals surface area contributed by atoms with Crippen LogP contribution in [0.2, 0.25) is 0 Å². The zero-order chi connectivity index (χ0) is 28.2. The molecule has 0 aromatic carbocycles. The van der Waals surface area contributed by atoms with Crippen LogP contribution in [0.15, 0.2) is 0 Å². The van der Waals surface area contributed by atoms with Gasteiger partial charge in [0.25, 0.3) is 0 Å². The summed E-state index contributed by atoms with van der Waals surface area (Å²) < 4.78 is 2.41. The normalized spacial score (nSPS) is 12.5. The van der Waals surface area contributed by atoms with E-state index in [1.807, 2.05) is 0 Å². The van der Waals surface area contributed by atoms with Crippen LogP contribution in [0.4, 0.5) is 0 Å². The molecular weight excluding hydrogens is 460 g/mol. The number of likely N-dealkylation sites (N-methyl/N-ethyl adjacent to an activating group) is 2. The second kappa shape index (κ2) is 27.1. The highest BCUT2D eigenvalue weighted by Gasteiger charge is 2.22. The van der Waals surface area contributed by atoms with Crippen LogP contribution in [0.5, 0.6) is 0 Å². The number of quaternary nitrogens is 2. The molecule has 0 fully saturated rings. The first-order valence-electron chi connectivity index (χ1n) is 18.0. The molecule has 0 aromatic heterocycles. The fraction of sp³-hybridized carbons (Fsp3) is 1.00. The molecule has 0 unspecified atom stereocenters. The van der Waals surface area contributed by atoms with E-state index in [1.165, 1.54) is 202 Å². The van der Waals surface area contributed by atoms with Gasteiger partial charge < -0.3 is 8.97 Å². The SMILES string of the molecule is CCCCCCCCCCCCCCCCCC[N+](C)(C)CC[N+](C)(C)CCCCCCCCCCCC. The van der Waals surface area contributed by atoms with Crippen LogP contribution in [0, 0.1) is 0 Å². The third kappa shape index (κ3) is 28.9. The van der Waals surface area contributed by atoms with E-state index in [1.54, 1.807) is 0 Å². The second-order valence-electron chi connectivity index (χ2n) is 14.3. The van der Waals surface area contributed by atoms with Crippen LogP contribution >= 0.6 is 0 Å². The maximum atomic E-state index is 2.46. The van der Waals surface area contributed by atoms with Crippen LogP contribution in [0.25, 0.3) is 0 Å². The Morgan fingerprint density at radius 2 is 0.421 bits per heavy atom. The molecule has 0 aliphatic carbocycles. The van der Waals surface area contributed by atoms with Crippen LogP contribution in [0.1, 0.15) is 181 Å². The zero-order valence-corrected chi connectivity index (χ0v) is 28.1. The van der Waals surface area contributed by atoms with Crippen molar-refractivity contribution in [2.75, 3.05) is 54.4 Å². The lowest BCUT2D eigenvalue weighted by Gasteiger charge is -2.36. The maximum Gasteiger partial charge on any atom is 0.128 e. The summed E-state index contributed by atoms with van der Waals surface area (Å²) in [6.07, 6.45) is 37.8. The Balaban J connectivity index is 3.53. The largest absolute Gasteiger partial charge is 0.324 e. The molecule has 0 amide bonds. The summed E-state index contributed by atoms with van der Waals surface area (Å²) in [6, 6.07) is 0. The highest BCUT2D eigenvalue weighted by molar-refractivity contribution is 4.51. The molecule has 0 radical (unpaired) electrons. The molecule has 0 saturated carbocycles. The smallest absolute Gasteiger partial charge is 0.128 e. The summed E-state index contributed by atoms with van der Waals surface area (Å²) in [7, 11) is 9.85. The van der Waals surface area contributed by atoms with Crippen molar-refractivity contribution in [1.82, 2.24) is 0 Å². The number of hydrogen-bond donors (Lipinski definition) is 0. The molecule has 230 valence electrons. The molecule has 0 heterocycles. The molecule has 2 nitrogen and oxygen atoms in total. The Morgan fingerprint density at radius 3 is 0.632 bits per heavy atom. The van der Waals surface area contributed by atoms with Gasteiger partial charge in [-0.3, -0.25) is 0 Å². The molecule has 0 N–H and O–H groups in total. The summed E-state index contributed by atoms with van der Waals surface area (Å²) in [4.78, 5) is 0. The molecule has 0 aliphatic heterocycles. The lowest BCUT2D eigenvalue weighted by Crippen LogP contribution is -2.51.